The van der Waals surface area contributed by atoms with Crippen LogP contribution in [0.15, 0.2) is 46.3 Å². The van der Waals surface area contributed by atoms with Gasteiger partial charge in [0.15, 0.2) is 5.82 Å². The monoisotopic (exact) mass is 391 g/mol. The highest BCUT2D eigenvalue weighted by atomic mass is 35.5. The van der Waals surface area contributed by atoms with E-state index in [1.54, 1.807) is 23.5 Å². The molecule has 0 aliphatic heterocycles. The van der Waals surface area contributed by atoms with Gasteiger partial charge in [-0.05, 0) is 48.1 Å². The minimum absolute atomic E-state index is 0. The molecule has 7 heteroatoms. The second-order valence-corrected chi connectivity index (χ2v) is 7.32. The first-order valence-electron chi connectivity index (χ1n) is 8.29. The summed E-state index contributed by atoms with van der Waals surface area (Å²) in [7, 11) is 0. The van der Waals surface area contributed by atoms with Crippen molar-refractivity contribution in [1.82, 2.24) is 10.1 Å². The summed E-state index contributed by atoms with van der Waals surface area (Å²) in [5.41, 5.74) is 7.64. The molecular formula is C19H19ClFN3OS. The van der Waals surface area contributed by atoms with E-state index in [1.165, 1.54) is 12.1 Å². The molecule has 1 fully saturated rings. The number of halogens is 2. The molecule has 26 heavy (non-hydrogen) atoms. The number of thiophene rings is 1. The molecule has 2 N–H and O–H groups in total. The fraction of sp³-hybridized carbons (Fsp3) is 0.263. The number of hydrogen-bond donors (Lipinski definition) is 1. The van der Waals surface area contributed by atoms with Crippen LogP contribution in [-0.4, -0.2) is 10.1 Å². The number of hydrogen-bond acceptors (Lipinski definition) is 5. The summed E-state index contributed by atoms with van der Waals surface area (Å²) in [6.07, 6.45) is 5.86. The van der Waals surface area contributed by atoms with Crippen LogP contribution in [0.3, 0.4) is 0 Å². The van der Waals surface area contributed by atoms with Gasteiger partial charge in [0.25, 0.3) is 5.89 Å². The van der Waals surface area contributed by atoms with Crippen molar-refractivity contribution < 1.29 is 8.91 Å². The van der Waals surface area contributed by atoms with Gasteiger partial charge in [-0.25, -0.2) is 4.39 Å². The van der Waals surface area contributed by atoms with Crippen molar-refractivity contribution in [1.29, 1.82) is 0 Å². The van der Waals surface area contributed by atoms with Crippen LogP contribution in [0.25, 0.3) is 11.6 Å². The third-order valence-corrected chi connectivity index (χ3v) is 5.47. The lowest BCUT2D eigenvalue weighted by molar-refractivity contribution is 0.363. The molecule has 0 atom stereocenters. The lowest BCUT2D eigenvalue weighted by atomic mass is 9.98. The minimum atomic E-state index is -0.488. The zero-order valence-electron chi connectivity index (χ0n) is 14.0. The molecular weight excluding hydrogens is 373 g/mol. The van der Waals surface area contributed by atoms with E-state index in [0.29, 0.717) is 11.7 Å². The van der Waals surface area contributed by atoms with Crippen molar-refractivity contribution >= 4 is 35.4 Å². The first-order chi connectivity index (χ1) is 12.1. The summed E-state index contributed by atoms with van der Waals surface area (Å²) in [5, 5.41) is 6.14. The molecule has 0 bridgehead atoms. The molecule has 1 aromatic carbocycles. The number of nitrogens with zero attached hydrogens (tertiary/aromatic N) is 2. The Labute approximate surface area is 161 Å². The zero-order chi connectivity index (χ0) is 17.3. The first kappa shape index (κ1) is 18.8. The highest BCUT2D eigenvalue weighted by molar-refractivity contribution is 7.11. The van der Waals surface area contributed by atoms with Crippen LogP contribution >= 0.6 is 23.7 Å². The fourth-order valence-corrected chi connectivity index (χ4v) is 3.89. The summed E-state index contributed by atoms with van der Waals surface area (Å²) >= 11 is 1.59. The standard InChI is InChI=1S/C19H18FN3OS.ClH/c20-14-7-5-13(6-8-14)12-15(16-4-3-11-25-16)17-22-18(23-24-17)19(21)9-1-2-10-19;/h3-8,11-12H,1-2,9-10,21H2;1H/b15-12+;. The molecule has 0 unspecified atom stereocenters. The quantitative estimate of drug-likeness (QED) is 0.679. The summed E-state index contributed by atoms with van der Waals surface area (Å²) in [5.74, 6) is 0.751. The van der Waals surface area contributed by atoms with Crippen LogP contribution in [0, 0.1) is 5.82 Å². The topological polar surface area (TPSA) is 64.9 Å². The Morgan fingerprint density at radius 3 is 2.58 bits per heavy atom. The number of benzene rings is 1. The van der Waals surface area contributed by atoms with Crippen molar-refractivity contribution in [2.45, 2.75) is 31.2 Å². The van der Waals surface area contributed by atoms with Crippen LogP contribution in [0.5, 0.6) is 0 Å². The average Bonchev–Trinajstić information content (AvgIpc) is 3.36. The van der Waals surface area contributed by atoms with E-state index in [1.807, 2.05) is 23.6 Å². The van der Waals surface area contributed by atoms with Crippen molar-refractivity contribution in [3.63, 3.8) is 0 Å². The fourth-order valence-electron chi connectivity index (χ4n) is 3.16. The summed E-state index contributed by atoms with van der Waals surface area (Å²) in [6, 6.07) is 10.3. The Morgan fingerprint density at radius 2 is 1.92 bits per heavy atom. The molecule has 0 spiro atoms. The number of nitrogens with two attached hydrogens (primary N) is 1. The first-order valence-corrected chi connectivity index (χ1v) is 9.17. The van der Waals surface area contributed by atoms with Crippen molar-refractivity contribution in [2.75, 3.05) is 0 Å². The lowest BCUT2D eigenvalue weighted by Gasteiger charge is -2.17. The predicted octanol–water partition coefficient (Wildman–Crippen LogP) is 5.01. The van der Waals surface area contributed by atoms with E-state index in [9.17, 15) is 4.39 Å². The van der Waals surface area contributed by atoms with E-state index < -0.39 is 5.54 Å². The third kappa shape index (κ3) is 3.72. The molecule has 136 valence electrons. The molecule has 0 radical (unpaired) electrons. The van der Waals surface area contributed by atoms with Crippen LogP contribution in [0.2, 0.25) is 0 Å². The normalized spacial score (nSPS) is 16.5. The Morgan fingerprint density at radius 1 is 1.19 bits per heavy atom. The second kappa shape index (κ2) is 7.70. The van der Waals surface area contributed by atoms with Gasteiger partial charge in [-0.15, -0.1) is 23.7 Å². The molecule has 1 aliphatic rings. The molecule has 3 aromatic rings. The average molecular weight is 392 g/mol. The molecule has 1 saturated carbocycles. The van der Waals surface area contributed by atoms with Gasteiger partial charge in [0.2, 0.25) is 0 Å². The summed E-state index contributed by atoms with van der Waals surface area (Å²) < 4.78 is 18.7. The molecule has 2 aromatic heterocycles. The Balaban J connectivity index is 0.00000196. The van der Waals surface area contributed by atoms with Gasteiger partial charge < -0.3 is 10.3 Å². The number of rotatable bonds is 4. The second-order valence-electron chi connectivity index (χ2n) is 6.37. The van der Waals surface area contributed by atoms with Crippen LogP contribution in [0.1, 0.15) is 47.8 Å². The van der Waals surface area contributed by atoms with Crippen LogP contribution in [-0.2, 0) is 5.54 Å². The van der Waals surface area contributed by atoms with Gasteiger partial charge in [0.05, 0.1) is 11.1 Å². The van der Waals surface area contributed by atoms with Crippen LogP contribution in [0.4, 0.5) is 4.39 Å². The zero-order valence-corrected chi connectivity index (χ0v) is 15.7. The van der Waals surface area contributed by atoms with Gasteiger partial charge in [-0.2, -0.15) is 4.98 Å². The molecule has 0 amide bonds. The van der Waals surface area contributed by atoms with E-state index in [-0.39, 0.29) is 18.2 Å². The summed E-state index contributed by atoms with van der Waals surface area (Å²) in [4.78, 5) is 5.61. The lowest BCUT2D eigenvalue weighted by Crippen LogP contribution is -2.34. The van der Waals surface area contributed by atoms with Gasteiger partial charge >= 0.3 is 0 Å². The highest BCUT2D eigenvalue weighted by Crippen LogP contribution is 2.36. The highest BCUT2D eigenvalue weighted by Gasteiger charge is 2.36. The van der Waals surface area contributed by atoms with Crippen LogP contribution < -0.4 is 5.73 Å². The van der Waals surface area contributed by atoms with Gasteiger partial charge in [0.1, 0.15) is 5.82 Å². The predicted molar refractivity (Wildman–Crippen MR) is 104 cm³/mol. The maximum Gasteiger partial charge on any atom is 0.259 e. The van der Waals surface area contributed by atoms with Crippen molar-refractivity contribution in [2.24, 2.45) is 5.73 Å². The van der Waals surface area contributed by atoms with Crippen molar-refractivity contribution in [3.8, 4) is 0 Å². The molecule has 4 rings (SSSR count). The van der Waals surface area contributed by atoms with Gasteiger partial charge in [-0.1, -0.05) is 36.2 Å². The summed E-state index contributed by atoms with van der Waals surface area (Å²) in [6.45, 7) is 0. The van der Waals surface area contributed by atoms with Gasteiger partial charge in [-0.3, -0.25) is 0 Å². The molecule has 1 aliphatic carbocycles. The minimum Gasteiger partial charge on any atom is -0.334 e. The van der Waals surface area contributed by atoms with E-state index in [2.05, 4.69) is 10.1 Å². The Hall–Kier alpha value is -2.02. The Bertz CT molecular complexity index is 884. The smallest absolute Gasteiger partial charge is 0.259 e. The van der Waals surface area contributed by atoms with E-state index in [4.69, 9.17) is 10.3 Å². The van der Waals surface area contributed by atoms with E-state index >= 15 is 0 Å². The third-order valence-electron chi connectivity index (χ3n) is 4.57. The van der Waals surface area contributed by atoms with Crippen molar-refractivity contribution in [3.05, 3.63) is 69.8 Å². The SMILES string of the molecule is Cl.NC1(c2noc(/C(=C/c3ccc(F)cc3)c3cccs3)n2)CCCC1. The largest absolute Gasteiger partial charge is 0.334 e. The van der Waals surface area contributed by atoms with Gasteiger partial charge in [0, 0.05) is 4.88 Å². The maximum absolute atomic E-state index is 13.2. The molecule has 4 nitrogen and oxygen atoms in total. The van der Waals surface area contributed by atoms with E-state index in [0.717, 1.165) is 41.7 Å². The Kier molecular flexibility index (Phi) is 5.55. The number of aromatic nitrogens is 2. The maximum atomic E-state index is 13.2. The molecule has 2 heterocycles. The molecule has 0 saturated heterocycles.